The van der Waals surface area contributed by atoms with Crippen molar-refractivity contribution in [3.63, 3.8) is 0 Å². The van der Waals surface area contributed by atoms with Gasteiger partial charge in [-0.05, 0) is 125 Å². The Morgan fingerprint density at radius 1 is 0.472 bits per heavy atom. The van der Waals surface area contributed by atoms with E-state index in [1.807, 2.05) is 45.0 Å². The average molecular weight is 1220 g/mol. The second-order valence-corrected chi connectivity index (χ2v) is 19.9. The number of halogens is 6. The van der Waals surface area contributed by atoms with Crippen LogP contribution in [0.5, 0.6) is 34.9 Å². The van der Waals surface area contributed by atoms with E-state index in [1.54, 1.807) is 36.5 Å². The molecule has 18 nitrogen and oxygen atoms in total. The Morgan fingerprint density at radius 2 is 0.820 bits per heavy atom. The molecule has 25 heteroatoms. The first-order chi connectivity index (χ1) is 43.1. The summed E-state index contributed by atoms with van der Waals surface area (Å²) >= 11 is 0. The molecule has 10 heterocycles. The fourth-order valence-electron chi connectivity index (χ4n) is 9.24. The number of hydrogen-bond donors (Lipinski definition) is 3. The van der Waals surface area contributed by atoms with Gasteiger partial charge in [0.25, 0.3) is 29.5 Å². The van der Waals surface area contributed by atoms with Gasteiger partial charge in [0.05, 0.1) is 0 Å². The topological polar surface area (TPSA) is 212 Å². The van der Waals surface area contributed by atoms with Gasteiger partial charge in [-0.15, -0.1) is 0 Å². The van der Waals surface area contributed by atoms with Crippen LogP contribution in [-0.4, -0.2) is 102 Å². The standard InChI is InChI=1S/2C20H15F2N3O3.C20H17F2N3O2.C4H7BO/c2*1-11-13(9-16-20(24-11)28-8-7-27-16)12-5-6-17(23-10-12)25-19(26)18-14(21)3-2-4-15(18)22;1-12-14(9-18-20(25-12)27-8-7-26-18)13-5-6-19(23-10-13)24-11-15-16(21)3-2-4-17(15)22;5-4-2-1-3-6-4/h2*2-6,9-10H,7-8H2,1H3,(H,23,25,26);2-6,9-10H,7-8,11H2,1H3,(H,23,24);4H,1-3H2. The second kappa shape index (κ2) is 28.5. The summed E-state index contributed by atoms with van der Waals surface area (Å²) in [7, 11) is 5.31. The molecule has 3 N–H and O–H groups in total. The normalized spacial score (nSPS) is 14.1. The van der Waals surface area contributed by atoms with Crippen LogP contribution in [0.3, 0.4) is 0 Å². The number of carbonyl (C=O) groups is 2. The lowest BCUT2D eigenvalue weighted by molar-refractivity contribution is 0.101. The Bertz CT molecular complexity index is 3790. The van der Waals surface area contributed by atoms with Crippen LogP contribution in [0.2, 0.25) is 0 Å². The average Bonchev–Trinajstić information content (AvgIpc) is 2.80. The molecular weight excluding hydrogens is 1160 g/mol. The number of aryl methyl sites for hydroxylation is 3. The molecule has 0 bridgehead atoms. The van der Waals surface area contributed by atoms with Crippen LogP contribution in [0.1, 0.15) is 56.2 Å². The summed E-state index contributed by atoms with van der Waals surface area (Å²) in [6.45, 7) is 9.23. The molecule has 1 saturated heterocycles. The fourth-order valence-corrected chi connectivity index (χ4v) is 9.24. The number of rotatable bonds is 10. The highest BCUT2D eigenvalue weighted by Crippen LogP contribution is 2.38. The van der Waals surface area contributed by atoms with Crippen molar-refractivity contribution in [2.24, 2.45) is 0 Å². The number of fused-ring (bicyclic) bond motifs is 3. The summed E-state index contributed by atoms with van der Waals surface area (Å²) in [4.78, 5) is 50.2. The molecule has 454 valence electrons. The Morgan fingerprint density at radius 3 is 1.13 bits per heavy atom. The van der Waals surface area contributed by atoms with E-state index < -0.39 is 57.8 Å². The van der Waals surface area contributed by atoms with Crippen molar-refractivity contribution in [2.75, 3.05) is 62.2 Å². The van der Waals surface area contributed by atoms with Crippen molar-refractivity contribution in [2.45, 2.75) is 46.2 Å². The molecule has 1 atom stereocenters. The quantitative estimate of drug-likeness (QED) is 0.0858. The highest BCUT2D eigenvalue weighted by Gasteiger charge is 2.23. The molecule has 4 aliphatic rings. The highest BCUT2D eigenvalue weighted by molar-refractivity contribution is 6.11. The number of aromatic nitrogens is 6. The predicted molar refractivity (Wildman–Crippen MR) is 317 cm³/mol. The summed E-state index contributed by atoms with van der Waals surface area (Å²) in [6, 6.07) is 26.0. The second-order valence-electron chi connectivity index (χ2n) is 19.9. The first-order valence-corrected chi connectivity index (χ1v) is 27.8. The van der Waals surface area contributed by atoms with Gasteiger partial charge in [-0.1, -0.05) is 18.2 Å². The molecule has 0 aliphatic carbocycles. The number of carbonyl (C=O) groups excluding carboxylic acids is 2. The number of benzene rings is 3. The minimum atomic E-state index is -0.938. The van der Waals surface area contributed by atoms with Crippen LogP contribution >= 0.6 is 0 Å². The summed E-state index contributed by atoms with van der Waals surface area (Å²) < 4.78 is 120. The SMILES string of the molecule is Cc1nc2c(cc1-c1ccc(NC(=O)c3c(F)cccc3F)nc1)OCCO2.Cc1nc2c(cc1-c1ccc(NC(=O)c3c(F)cccc3F)nc1)OCCO2.Cc1nc2c(cc1-c1ccc(NCc3c(F)cccc3F)nc1)OCCO2.[B]C1CCCO1. The minimum absolute atomic E-state index is 0.00939. The lowest BCUT2D eigenvalue weighted by atomic mass is 9.98. The molecule has 2 amide bonds. The van der Waals surface area contributed by atoms with Crippen molar-refractivity contribution < 1.29 is 69.1 Å². The van der Waals surface area contributed by atoms with Gasteiger partial charge in [0.2, 0.25) is 0 Å². The molecule has 9 aromatic rings. The van der Waals surface area contributed by atoms with Gasteiger partial charge in [0.15, 0.2) is 17.2 Å². The maximum atomic E-state index is 13.7. The number of nitrogens with zero attached hydrogens (tertiary/aromatic N) is 6. The molecule has 1 fully saturated rings. The number of amides is 2. The minimum Gasteiger partial charge on any atom is -0.484 e. The highest BCUT2D eigenvalue weighted by atomic mass is 19.2. The Balaban J connectivity index is 0.000000140. The summed E-state index contributed by atoms with van der Waals surface area (Å²) in [6.07, 6.45) is 6.93. The van der Waals surface area contributed by atoms with Crippen LogP contribution in [0, 0.1) is 55.7 Å². The van der Waals surface area contributed by atoms with Gasteiger partial charge in [-0.25, -0.2) is 56.2 Å². The third-order valence-electron chi connectivity index (χ3n) is 13.7. The molecule has 4 aliphatic heterocycles. The van der Waals surface area contributed by atoms with E-state index in [-0.39, 0.29) is 29.7 Å². The van der Waals surface area contributed by atoms with E-state index >= 15 is 0 Å². The van der Waals surface area contributed by atoms with Crippen molar-refractivity contribution >= 4 is 37.1 Å². The summed E-state index contributed by atoms with van der Waals surface area (Å²) in [5.74, 6) is -2.76. The largest absolute Gasteiger partial charge is 0.484 e. The molecule has 2 radical (unpaired) electrons. The number of pyridine rings is 6. The zero-order valence-corrected chi connectivity index (χ0v) is 48.0. The molecule has 0 saturated carbocycles. The van der Waals surface area contributed by atoms with E-state index in [2.05, 4.69) is 45.9 Å². The first-order valence-electron chi connectivity index (χ1n) is 27.8. The maximum absolute atomic E-state index is 13.7. The first kappa shape index (κ1) is 61.8. The van der Waals surface area contributed by atoms with E-state index in [4.69, 9.17) is 41.0 Å². The molecular formula is C64H54BF6N9O9. The van der Waals surface area contributed by atoms with Gasteiger partial charge in [0, 0.05) is 93.8 Å². The smallest absolute Gasteiger partial charge is 0.262 e. The van der Waals surface area contributed by atoms with Gasteiger partial charge in [-0.2, -0.15) is 0 Å². The van der Waals surface area contributed by atoms with Crippen LogP contribution in [0.4, 0.5) is 43.8 Å². The molecule has 0 spiro atoms. The Hall–Kier alpha value is -10.3. The molecule has 6 aromatic heterocycles. The molecule has 13 rings (SSSR count). The van der Waals surface area contributed by atoms with Gasteiger partial charge in [0.1, 0.15) is 111 Å². The van der Waals surface area contributed by atoms with Crippen LogP contribution < -0.4 is 44.4 Å². The fraction of sp³-hybridized carbons (Fsp3) is 0.219. The Kier molecular flexibility index (Phi) is 19.8. The number of nitrogens with one attached hydrogen (secondary N) is 3. The number of anilines is 3. The zero-order chi connectivity index (χ0) is 62.6. The van der Waals surface area contributed by atoms with Crippen molar-refractivity contribution in [1.82, 2.24) is 29.9 Å². The van der Waals surface area contributed by atoms with E-state index in [0.717, 1.165) is 94.2 Å². The van der Waals surface area contributed by atoms with E-state index in [9.17, 15) is 35.9 Å². The van der Waals surface area contributed by atoms with Gasteiger partial charge < -0.3 is 49.1 Å². The van der Waals surface area contributed by atoms with Crippen molar-refractivity contribution in [3.8, 4) is 68.3 Å². The van der Waals surface area contributed by atoms with Crippen molar-refractivity contribution in [3.05, 3.63) is 196 Å². The lowest BCUT2D eigenvalue weighted by Gasteiger charge is -2.19. The van der Waals surface area contributed by atoms with Crippen molar-refractivity contribution in [1.29, 1.82) is 0 Å². The number of hydrogen-bond acceptors (Lipinski definition) is 16. The Labute approximate surface area is 507 Å². The summed E-state index contributed by atoms with van der Waals surface area (Å²) in [5, 5.41) is 7.72. The monoisotopic (exact) mass is 1220 g/mol. The zero-order valence-electron chi connectivity index (χ0n) is 48.0. The molecule has 3 aromatic carbocycles. The van der Waals surface area contributed by atoms with E-state index in [1.165, 1.54) is 42.7 Å². The molecule has 89 heavy (non-hydrogen) atoms. The van der Waals surface area contributed by atoms with Gasteiger partial charge >= 0.3 is 0 Å². The maximum Gasteiger partial charge on any atom is 0.262 e. The number of ether oxygens (including phenoxy) is 7. The third-order valence-corrected chi connectivity index (χ3v) is 13.7. The summed E-state index contributed by atoms with van der Waals surface area (Å²) in [5.41, 5.74) is 5.79. The van der Waals surface area contributed by atoms with Crippen LogP contribution in [-0.2, 0) is 11.3 Å². The lowest BCUT2D eigenvalue weighted by Crippen LogP contribution is -2.17. The van der Waals surface area contributed by atoms with Crippen LogP contribution in [0.25, 0.3) is 33.4 Å². The van der Waals surface area contributed by atoms with Gasteiger partial charge in [-0.3, -0.25) is 9.59 Å². The third kappa shape index (κ3) is 15.3. The molecule has 1 unspecified atom stereocenters. The van der Waals surface area contributed by atoms with Crippen LogP contribution in [0.15, 0.2) is 128 Å². The predicted octanol–water partition coefficient (Wildman–Crippen LogP) is 11.9. The van der Waals surface area contributed by atoms with E-state index in [0.29, 0.717) is 80.3 Å².